The topological polar surface area (TPSA) is 55.1 Å². The van der Waals surface area contributed by atoms with Crippen molar-refractivity contribution in [2.24, 2.45) is 0 Å². The predicted molar refractivity (Wildman–Crippen MR) is 101 cm³/mol. The van der Waals surface area contributed by atoms with Gasteiger partial charge in [0.2, 0.25) is 0 Å². The molecule has 2 aromatic carbocycles. The highest BCUT2D eigenvalue weighted by Crippen LogP contribution is 2.42. The van der Waals surface area contributed by atoms with Gasteiger partial charge in [0.15, 0.2) is 0 Å². The number of carboxylic acid groups (broad SMARTS) is 1. The van der Waals surface area contributed by atoms with Gasteiger partial charge in [-0.25, -0.2) is 9.48 Å². The van der Waals surface area contributed by atoms with Crippen LogP contribution in [-0.4, -0.2) is 20.9 Å². The summed E-state index contributed by atoms with van der Waals surface area (Å²) in [6.07, 6.45) is 0. The van der Waals surface area contributed by atoms with Crippen LogP contribution in [0.3, 0.4) is 0 Å². The average molecular weight is 389 g/mol. The molecule has 0 aliphatic carbocycles. The summed E-state index contributed by atoms with van der Waals surface area (Å²) in [6.45, 7) is 0. The number of thiophene rings is 1. The molecule has 25 heavy (non-hydrogen) atoms. The van der Waals surface area contributed by atoms with Crippen LogP contribution >= 0.6 is 34.5 Å². The second kappa shape index (κ2) is 6.19. The van der Waals surface area contributed by atoms with Gasteiger partial charge in [0, 0.05) is 10.6 Å². The van der Waals surface area contributed by atoms with Crippen molar-refractivity contribution in [1.82, 2.24) is 9.78 Å². The molecule has 0 fully saturated rings. The highest BCUT2D eigenvalue weighted by molar-refractivity contribution is 7.21. The van der Waals surface area contributed by atoms with Crippen molar-refractivity contribution in [3.63, 3.8) is 0 Å². The molecule has 0 spiro atoms. The number of nitrogens with zero attached hydrogens (tertiary/aromatic N) is 2. The molecule has 2 heterocycles. The van der Waals surface area contributed by atoms with Gasteiger partial charge in [-0.1, -0.05) is 53.5 Å². The number of hydrogen-bond acceptors (Lipinski definition) is 3. The minimum Gasteiger partial charge on any atom is -0.477 e. The molecule has 4 aromatic rings. The van der Waals surface area contributed by atoms with Crippen molar-refractivity contribution in [3.8, 4) is 16.9 Å². The summed E-state index contributed by atoms with van der Waals surface area (Å²) in [4.78, 5) is 12.3. The van der Waals surface area contributed by atoms with E-state index in [-0.39, 0.29) is 9.90 Å². The first-order chi connectivity index (χ1) is 12.1. The van der Waals surface area contributed by atoms with Crippen LogP contribution < -0.4 is 0 Å². The Morgan fingerprint density at radius 3 is 2.36 bits per heavy atom. The van der Waals surface area contributed by atoms with Gasteiger partial charge in [0.05, 0.1) is 16.1 Å². The summed E-state index contributed by atoms with van der Waals surface area (Å²) >= 11 is 13.5. The molecule has 0 saturated heterocycles. The Labute approximate surface area is 156 Å². The molecule has 0 aliphatic rings. The Morgan fingerprint density at radius 2 is 1.72 bits per heavy atom. The Morgan fingerprint density at radius 1 is 1.04 bits per heavy atom. The number of rotatable bonds is 3. The number of hydrogen-bond donors (Lipinski definition) is 1. The Hall–Kier alpha value is -2.34. The normalized spacial score (nSPS) is 11.1. The molecule has 0 radical (unpaired) electrons. The molecule has 7 heteroatoms. The average Bonchev–Trinajstić information content (AvgIpc) is 3.15. The van der Waals surface area contributed by atoms with E-state index in [1.165, 1.54) is 0 Å². The van der Waals surface area contributed by atoms with Crippen molar-refractivity contribution in [3.05, 3.63) is 69.5 Å². The van der Waals surface area contributed by atoms with Gasteiger partial charge in [-0.05, 0) is 24.3 Å². The first kappa shape index (κ1) is 16.1. The van der Waals surface area contributed by atoms with Crippen LogP contribution in [0.25, 0.3) is 27.2 Å². The number of aromatic carboxylic acids is 1. The smallest absolute Gasteiger partial charge is 0.347 e. The van der Waals surface area contributed by atoms with E-state index in [1.54, 1.807) is 16.8 Å². The molecule has 4 rings (SSSR count). The fraction of sp³-hybridized carbons (Fsp3) is 0. The summed E-state index contributed by atoms with van der Waals surface area (Å²) in [5, 5.41) is 15.6. The lowest BCUT2D eigenvalue weighted by molar-refractivity contribution is 0.0702. The molecule has 2 aromatic heterocycles. The second-order valence-electron chi connectivity index (χ2n) is 5.33. The maximum absolute atomic E-state index is 11.5. The molecule has 0 saturated carbocycles. The summed E-state index contributed by atoms with van der Waals surface area (Å²) in [5.41, 5.74) is 2.28. The minimum absolute atomic E-state index is 0.106. The standard InChI is InChI=1S/C18H10Cl2N2O2S/c19-11-8-6-10(7-9-11)15-13-14(20)16(18(23)24)25-17(13)22(21-15)12-4-2-1-3-5-12/h1-9H,(H,23,24). The van der Waals surface area contributed by atoms with Crippen LogP contribution in [0.2, 0.25) is 10.0 Å². The molecule has 4 nitrogen and oxygen atoms in total. The lowest BCUT2D eigenvalue weighted by Gasteiger charge is -2.02. The predicted octanol–water partition coefficient (Wildman–Crippen LogP) is 5.76. The van der Waals surface area contributed by atoms with Crippen LogP contribution in [0, 0.1) is 0 Å². The van der Waals surface area contributed by atoms with E-state index in [2.05, 4.69) is 5.10 Å². The van der Waals surface area contributed by atoms with Crippen molar-refractivity contribution in [2.45, 2.75) is 0 Å². The SMILES string of the molecule is O=C(O)c1sc2c(c(-c3ccc(Cl)cc3)nn2-c2ccccc2)c1Cl. The summed E-state index contributed by atoms with van der Waals surface area (Å²) in [5.74, 6) is -1.05. The Balaban J connectivity index is 2.05. The van der Waals surface area contributed by atoms with E-state index in [9.17, 15) is 9.90 Å². The third-order valence-electron chi connectivity index (χ3n) is 3.77. The first-order valence-electron chi connectivity index (χ1n) is 7.32. The van der Waals surface area contributed by atoms with Gasteiger partial charge in [-0.15, -0.1) is 11.3 Å². The molecule has 0 atom stereocenters. The van der Waals surface area contributed by atoms with Crippen molar-refractivity contribution in [1.29, 1.82) is 0 Å². The van der Waals surface area contributed by atoms with Crippen molar-refractivity contribution >= 4 is 50.7 Å². The highest BCUT2D eigenvalue weighted by Gasteiger charge is 2.24. The lowest BCUT2D eigenvalue weighted by Crippen LogP contribution is -1.96. The number of fused-ring (bicyclic) bond motifs is 1. The third-order valence-corrected chi connectivity index (χ3v) is 5.67. The first-order valence-corrected chi connectivity index (χ1v) is 8.89. The van der Waals surface area contributed by atoms with Crippen LogP contribution in [0.15, 0.2) is 54.6 Å². The number of carbonyl (C=O) groups is 1. The molecule has 0 aliphatic heterocycles. The molecular weight excluding hydrogens is 379 g/mol. The lowest BCUT2D eigenvalue weighted by atomic mass is 10.1. The highest BCUT2D eigenvalue weighted by atomic mass is 35.5. The van der Waals surface area contributed by atoms with Gasteiger partial charge in [-0.2, -0.15) is 5.10 Å². The number of aromatic nitrogens is 2. The summed E-state index contributed by atoms with van der Waals surface area (Å²) < 4.78 is 1.72. The molecular formula is C18H10Cl2N2O2S. The Bertz CT molecular complexity index is 1090. The molecule has 0 bridgehead atoms. The van der Waals surface area contributed by atoms with Gasteiger partial charge < -0.3 is 5.11 Å². The number of halogens is 2. The largest absolute Gasteiger partial charge is 0.477 e. The minimum atomic E-state index is -1.05. The number of carboxylic acids is 1. The number of para-hydroxylation sites is 1. The van der Waals surface area contributed by atoms with Gasteiger partial charge >= 0.3 is 5.97 Å². The van der Waals surface area contributed by atoms with E-state index in [1.807, 2.05) is 42.5 Å². The molecule has 0 unspecified atom stereocenters. The quantitative estimate of drug-likeness (QED) is 0.485. The fourth-order valence-electron chi connectivity index (χ4n) is 2.64. The van der Waals surface area contributed by atoms with Crippen molar-refractivity contribution in [2.75, 3.05) is 0 Å². The molecule has 1 N–H and O–H groups in total. The van der Waals surface area contributed by atoms with Gasteiger partial charge in [0.1, 0.15) is 15.4 Å². The van der Waals surface area contributed by atoms with E-state index in [4.69, 9.17) is 23.2 Å². The van der Waals surface area contributed by atoms with E-state index in [0.29, 0.717) is 20.9 Å². The van der Waals surface area contributed by atoms with Gasteiger partial charge in [-0.3, -0.25) is 0 Å². The van der Waals surface area contributed by atoms with Crippen LogP contribution in [0.4, 0.5) is 0 Å². The van der Waals surface area contributed by atoms with E-state index >= 15 is 0 Å². The third kappa shape index (κ3) is 2.70. The monoisotopic (exact) mass is 388 g/mol. The summed E-state index contributed by atoms with van der Waals surface area (Å²) in [6, 6.07) is 16.7. The van der Waals surface area contributed by atoms with E-state index in [0.717, 1.165) is 22.6 Å². The van der Waals surface area contributed by atoms with Crippen LogP contribution in [-0.2, 0) is 0 Å². The van der Waals surface area contributed by atoms with Crippen molar-refractivity contribution < 1.29 is 9.90 Å². The number of benzene rings is 2. The van der Waals surface area contributed by atoms with E-state index < -0.39 is 5.97 Å². The zero-order valence-electron chi connectivity index (χ0n) is 12.6. The zero-order chi connectivity index (χ0) is 17.6. The zero-order valence-corrected chi connectivity index (χ0v) is 14.9. The van der Waals surface area contributed by atoms with Crippen LogP contribution in [0.1, 0.15) is 9.67 Å². The maximum Gasteiger partial charge on any atom is 0.347 e. The maximum atomic E-state index is 11.5. The fourth-order valence-corrected chi connectivity index (χ4v) is 4.20. The van der Waals surface area contributed by atoms with Crippen LogP contribution in [0.5, 0.6) is 0 Å². The summed E-state index contributed by atoms with van der Waals surface area (Å²) in [7, 11) is 0. The molecule has 0 amide bonds. The molecule has 124 valence electrons. The van der Waals surface area contributed by atoms with Gasteiger partial charge in [0.25, 0.3) is 0 Å². The second-order valence-corrected chi connectivity index (χ2v) is 7.15. The Kier molecular flexibility index (Phi) is 4.00.